The number of ether oxygens (including phenoxy) is 1. The van der Waals surface area contributed by atoms with Crippen molar-refractivity contribution < 1.29 is 14.3 Å². The number of likely N-dealkylation sites (tertiary alicyclic amines) is 1. The van der Waals surface area contributed by atoms with Crippen molar-refractivity contribution in [2.24, 2.45) is 4.99 Å². The fourth-order valence-electron chi connectivity index (χ4n) is 3.03. The number of likely N-dealkylation sites (N-methyl/N-ethyl adjacent to an activating group) is 1. The number of guanidine groups is 1. The van der Waals surface area contributed by atoms with Crippen LogP contribution < -0.4 is 10.6 Å². The Hall–Kier alpha value is -2.77. The molecule has 0 atom stereocenters. The van der Waals surface area contributed by atoms with Crippen LogP contribution in [-0.4, -0.2) is 80.7 Å². The lowest BCUT2D eigenvalue weighted by Crippen LogP contribution is -2.50. The van der Waals surface area contributed by atoms with Crippen LogP contribution in [-0.2, 0) is 16.0 Å². The van der Waals surface area contributed by atoms with Crippen molar-refractivity contribution in [3.63, 3.8) is 0 Å². The summed E-state index contributed by atoms with van der Waals surface area (Å²) in [6.07, 6.45) is 2.22. The van der Waals surface area contributed by atoms with Crippen LogP contribution in [0.2, 0.25) is 0 Å². The van der Waals surface area contributed by atoms with Crippen LogP contribution in [0, 0.1) is 0 Å². The summed E-state index contributed by atoms with van der Waals surface area (Å²) in [5.41, 5.74) is 1.24. The van der Waals surface area contributed by atoms with E-state index in [-0.39, 0.29) is 24.6 Å². The van der Waals surface area contributed by atoms with E-state index in [1.165, 1.54) is 10.5 Å². The maximum Gasteiger partial charge on any atom is 0.409 e. The van der Waals surface area contributed by atoms with E-state index in [1.54, 1.807) is 19.0 Å². The first kappa shape index (κ1) is 22.5. The lowest BCUT2D eigenvalue weighted by molar-refractivity contribution is -0.127. The zero-order valence-corrected chi connectivity index (χ0v) is 17.7. The van der Waals surface area contributed by atoms with Gasteiger partial charge in [-0.1, -0.05) is 30.3 Å². The second kappa shape index (κ2) is 11.9. The SMILES string of the molecule is CCOC(=O)N1CCC(NC(=NCC(=O)N(C)C)NCCc2ccccc2)CC1. The number of nitrogens with zero attached hydrogens (tertiary/aromatic N) is 3. The topological polar surface area (TPSA) is 86.3 Å². The first-order chi connectivity index (χ1) is 14.0. The number of benzene rings is 1. The first-order valence-corrected chi connectivity index (χ1v) is 10.2. The monoisotopic (exact) mass is 403 g/mol. The third kappa shape index (κ3) is 8.01. The summed E-state index contributed by atoms with van der Waals surface area (Å²) in [5, 5.41) is 6.74. The summed E-state index contributed by atoms with van der Waals surface area (Å²) in [6.45, 7) is 4.29. The maximum absolute atomic E-state index is 11.9. The predicted molar refractivity (Wildman–Crippen MR) is 114 cm³/mol. The summed E-state index contributed by atoms with van der Waals surface area (Å²) >= 11 is 0. The smallest absolute Gasteiger partial charge is 0.409 e. The van der Waals surface area contributed by atoms with Gasteiger partial charge in [0.2, 0.25) is 5.91 Å². The molecular formula is C21H33N5O3. The number of aliphatic imine (C=N–C) groups is 1. The van der Waals surface area contributed by atoms with Crippen molar-refractivity contribution in [1.29, 1.82) is 0 Å². The molecule has 0 bridgehead atoms. The van der Waals surface area contributed by atoms with Crippen molar-refractivity contribution in [2.75, 3.05) is 46.9 Å². The number of amides is 2. The van der Waals surface area contributed by atoms with Gasteiger partial charge in [0, 0.05) is 39.8 Å². The molecule has 0 unspecified atom stereocenters. The van der Waals surface area contributed by atoms with Gasteiger partial charge in [-0.3, -0.25) is 4.79 Å². The highest BCUT2D eigenvalue weighted by Crippen LogP contribution is 2.11. The molecule has 8 nitrogen and oxygen atoms in total. The molecule has 0 saturated carbocycles. The van der Waals surface area contributed by atoms with Crippen molar-refractivity contribution >= 4 is 18.0 Å². The number of hydrogen-bond donors (Lipinski definition) is 2. The van der Waals surface area contributed by atoms with E-state index in [4.69, 9.17) is 4.74 Å². The molecule has 1 aromatic rings. The van der Waals surface area contributed by atoms with E-state index in [9.17, 15) is 9.59 Å². The number of hydrogen-bond acceptors (Lipinski definition) is 4. The molecular weight excluding hydrogens is 370 g/mol. The Morgan fingerprint density at radius 1 is 1.21 bits per heavy atom. The number of carbonyl (C=O) groups excluding carboxylic acids is 2. The highest BCUT2D eigenvalue weighted by atomic mass is 16.6. The zero-order valence-electron chi connectivity index (χ0n) is 17.7. The van der Waals surface area contributed by atoms with E-state index in [0.29, 0.717) is 32.2 Å². The fraction of sp³-hybridized carbons (Fsp3) is 0.571. The summed E-state index contributed by atoms with van der Waals surface area (Å²) < 4.78 is 5.07. The second-order valence-corrected chi connectivity index (χ2v) is 7.22. The second-order valence-electron chi connectivity index (χ2n) is 7.22. The highest BCUT2D eigenvalue weighted by Gasteiger charge is 2.24. The lowest BCUT2D eigenvalue weighted by Gasteiger charge is -2.32. The van der Waals surface area contributed by atoms with Gasteiger partial charge in [0.25, 0.3) is 0 Å². The summed E-state index contributed by atoms with van der Waals surface area (Å²) in [5.74, 6) is 0.581. The number of nitrogens with one attached hydrogen (secondary N) is 2. The molecule has 1 heterocycles. The van der Waals surface area contributed by atoms with Crippen molar-refractivity contribution in [3.8, 4) is 0 Å². The highest BCUT2D eigenvalue weighted by molar-refractivity contribution is 5.85. The molecule has 2 rings (SSSR count). The molecule has 8 heteroatoms. The van der Waals surface area contributed by atoms with E-state index < -0.39 is 0 Å². The Labute approximate surface area is 173 Å². The van der Waals surface area contributed by atoms with Gasteiger partial charge in [0.05, 0.1) is 6.61 Å². The average Bonchev–Trinajstić information content (AvgIpc) is 2.73. The van der Waals surface area contributed by atoms with Gasteiger partial charge in [-0.15, -0.1) is 0 Å². The predicted octanol–water partition coefficient (Wildman–Crippen LogP) is 1.47. The van der Waals surface area contributed by atoms with Crippen molar-refractivity contribution in [1.82, 2.24) is 20.4 Å². The van der Waals surface area contributed by atoms with Crippen LogP contribution in [0.1, 0.15) is 25.3 Å². The largest absolute Gasteiger partial charge is 0.450 e. The third-order valence-electron chi connectivity index (χ3n) is 4.78. The zero-order chi connectivity index (χ0) is 21.1. The van der Waals surface area contributed by atoms with E-state index in [1.807, 2.05) is 25.1 Å². The van der Waals surface area contributed by atoms with Gasteiger partial charge in [0.15, 0.2) is 5.96 Å². The number of piperidine rings is 1. The molecule has 0 spiro atoms. The summed E-state index contributed by atoms with van der Waals surface area (Å²) in [7, 11) is 3.44. The first-order valence-electron chi connectivity index (χ1n) is 10.2. The Balaban J connectivity index is 1.88. The third-order valence-corrected chi connectivity index (χ3v) is 4.78. The minimum atomic E-state index is -0.252. The van der Waals surface area contributed by atoms with Crippen LogP contribution >= 0.6 is 0 Å². The van der Waals surface area contributed by atoms with Gasteiger partial charge < -0.3 is 25.2 Å². The van der Waals surface area contributed by atoms with E-state index in [2.05, 4.69) is 27.8 Å². The Kier molecular flexibility index (Phi) is 9.27. The quantitative estimate of drug-likeness (QED) is 0.532. The van der Waals surface area contributed by atoms with Crippen molar-refractivity contribution in [2.45, 2.75) is 32.2 Å². The molecule has 0 aromatic heterocycles. The van der Waals surface area contributed by atoms with Crippen LogP contribution in [0.25, 0.3) is 0 Å². The normalized spacial score (nSPS) is 15.0. The summed E-state index contributed by atoms with van der Waals surface area (Å²) in [6, 6.07) is 10.4. The molecule has 0 aliphatic carbocycles. The van der Waals surface area contributed by atoms with E-state index in [0.717, 1.165) is 19.3 Å². The molecule has 1 aliphatic heterocycles. The number of rotatable bonds is 7. The molecule has 1 saturated heterocycles. The molecule has 2 amide bonds. The molecule has 1 aromatic carbocycles. The molecule has 1 aliphatic rings. The van der Waals surface area contributed by atoms with Gasteiger partial charge in [-0.25, -0.2) is 9.79 Å². The molecule has 160 valence electrons. The molecule has 1 fully saturated rings. The van der Waals surface area contributed by atoms with Gasteiger partial charge in [-0.2, -0.15) is 0 Å². The van der Waals surface area contributed by atoms with Crippen LogP contribution in [0.3, 0.4) is 0 Å². The van der Waals surface area contributed by atoms with Crippen LogP contribution in [0.15, 0.2) is 35.3 Å². The summed E-state index contributed by atoms with van der Waals surface area (Å²) in [4.78, 5) is 31.5. The number of carbonyl (C=O) groups is 2. The van der Waals surface area contributed by atoms with Crippen LogP contribution in [0.4, 0.5) is 4.79 Å². The molecule has 2 N–H and O–H groups in total. The lowest BCUT2D eigenvalue weighted by atomic mass is 10.1. The average molecular weight is 404 g/mol. The molecule has 29 heavy (non-hydrogen) atoms. The minimum absolute atomic E-state index is 0.0497. The Morgan fingerprint density at radius 2 is 1.90 bits per heavy atom. The van der Waals surface area contributed by atoms with Gasteiger partial charge >= 0.3 is 6.09 Å². The minimum Gasteiger partial charge on any atom is -0.450 e. The van der Waals surface area contributed by atoms with Crippen LogP contribution in [0.5, 0.6) is 0 Å². The van der Waals surface area contributed by atoms with E-state index >= 15 is 0 Å². The standard InChI is InChI=1S/C21H33N5O3/c1-4-29-21(28)26-14-11-18(12-15-26)24-20(23-16-19(27)25(2)3)22-13-10-17-8-6-5-7-9-17/h5-9,18H,4,10-16H2,1-3H3,(H2,22,23,24). The van der Waals surface area contributed by atoms with Gasteiger partial charge in [0.1, 0.15) is 6.54 Å². The molecule has 0 radical (unpaired) electrons. The Bertz CT molecular complexity index is 670. The van der Waals surface area contributed by atoms with Crippen molar-refractivity contribution in [3.05, 3.63) is 35.9 Å². The maximum atomic E-state index is 11.9. The Morgan fingerprint density at radius 3 is 2.52 bits per heavy atom. The van der Waals surface area contributed by atoms with Gasteiger partial charge in [-0.05, 0) is 31.7 Å². The fourth-order valence-corrected chi connectivity index (χ4v) is 3.03.